The molecule has 44 heavy (non-hydrogen) atoms. The van der Waals surface area contributed by atoms with E-state index >= 15 is 0 Å². The first-order valence-corrected chi connectivity index (χ1v) is 16.9. The van der Waals surface area contributed by atoms with Crippen molar-refractivity contribution in [1.82, 2.24) is 15.5 Å². The van der Waals surface area contributed by atoms with Crippen molar-refractivity contribution >= 4 is 29.1 Å². The zero-order valence-electron chi connectivity index (χ0n) is 26.9. The molecule has 2 atom stereocenters. The number of nitrogens with zero attached hydrogens (tertiary/aromatic N) is 2. The first kappa shape index (κ1) is 33.5. The molecule has 3 aromatic carbocycles. The first-order valence-electron chi connectivity index (χ1n) is 16.5. The van der Waals surface area contributed by atoms with Gasteiger partial charge in [0.15, 0.2) is 0 Å². The molecule has 236 valence electrons. The molecule has 0 bridgehead atoms. The molecule has 1 saturated heterocycles. The van der Waals surface area contributed by atoms with E-state index in [-0.39, 0.29) is 17.9 Å². The fourth-order valence-corrected chi connectivity index (χ4v) is 6.54. The maximum absolute atomic E-state index is 13.9. The van der Waals surface area contributed by atoms with Gasteiger partial charge in [-0.05, 0) is 78.1 Å². The fraction of sp³-hybridized carbons (Fsp3) is 0.459. The summed E-state index contributed by atoms with van der Waals surface area (Å²) in [7, 11) is 0. The molecular formula is C37H49ClN4O2. The maximum Gasteiger partial charge on any atom is 0.245 e. The fourth-order valence-electron chi connectivity index (χ4n) is 6.41. The van der Waals surface area contributed by atoms with Crippen LogP contribution in [0.1, 0.15) is 68.4 Å². The number of halogens is 1. The Balaban J connectivity index is 0.00000106. The summed E-state index contributed by atoms with van der Waals surface area (Å²) in [5.41, 5.74) is 7.67. The van der Waals surface area contributed by atoms with Gasteiger partial charge in [0.25, 0.3) is 0 Å². The number of nitrogens with one attached hydrogen (secondary N) is 2. The predicted molar refractivity (Wildman–Crippen MR) is 182 cm³/mol. The Labute approximate surface area is 269 Å². The van der Waals surface area contributed by atoms with E-state index in [0.29, 0.717) is 37.5 Å². The lowest BCUT2D eigenvalue weighted by Crippen LogP contribution is -2.58. The third kappa shape index (κ3) is 8.22. The minimum atomic E-state index is -0.635. The maximum atomic E-state index is 13.9. The second-order valence-corrected chi connectivity index (χ2v) is 11.7. The van der Waals surface area contributed by atoms with Crippen LogP contribution in [0.3, 0.4) is 0 Å². The number of carbonyl (C=O) groups excluding carboxylic acids is 2. The number of anilines is 1. The molecule has 6 rings (SSSR count). The third-order valence-corrected chi connectivity index (χ3v) is 8.92. The molecule has 1 unspecified atom stereocenters. The second kappa shape index (κ2) is 16.6. The quantitative estimate of drug-likeness (QED) is 0.338. The predicted octanol–water partition coefficient (Wildman–Crippen LogP) is 6.36. The number of rotatable bonds is 6. The second-order valence-electron chi connectivity index (χ2n) is 11.2. The average molecular weight is 617 g/mol. The first-order chi connectivity index (χ1) is 21.5. The molecule has 2 aliphatic heterocycles. The highest BCUT2D eigenvalue weighted by Gasteiger charge is 2.32. The normalized spacial score (nSPS) is 17.9. The Morgan fingerprint density at radius 3 is 2.23 bits per heavy atom. The smallest absolute Gasteiger partial charge is 0.245 e. The number of carbonyl (C=O) groups is 2. The Hall–Kier alpha value is -3.35. The Morgan fingerprint density at radius 1 is 0.841 bits per heavy atom. The number of hydrogen-bond acceptors (Lipinski definition) is 4. The van der Waals surface area contributed by atoms with Crippen LogP contribution in [0.15, 0.2) is 66.7 Å². The van der Waals surface area contributed by atoms with Crippen LogP contribution in [0, 0.1) is 0 Å². The molecule has 3 aliphatic rings. The van der Waals surface area contributed by atoms with Crippen LogP contribution >= 0.6 is 11.6 Å². The lowest BCUT2D eigenvalue weighted by molar-refractivity contribution is -0.137. The van der Waals surface area contributed by atoms with Gasteiger partial charge in [-0.3, -0.25) is 9.59 Å². The van der Waals surface area contributed by atoms with Crippen LogP contribution in [-0.2, 0) is 41.8 Å². The van der Waals surface area contributed by atoms with E-state index in [1.807, 2.05) is 69.0 Å². The number of piperazine rings is 1. The molecule has 0 saturated carbocycles. The van der Waals surface area contributed by atoms with Crippen molar-refractivity contribution in [2.45, 2.75) is 84.8 Å². The van der Waals surface area contributed by atoms with Gasteiger partial charge in [-0.2, -0.15) is 0 Å². The standard InChI is InChI=1S/C33H37ClN4O2.2C2H6/c34-27-14-12-23(13-15-27)20-30(36-32(39)29-21-25-7-1-2-8-26(25)22-35-29)33(40)38-18-16-37(17-19-38)31-11-5-9-24-6-3-4-10-28(24)31;2*1-2/h1-2,5,7-9,11-15,29-30,35H,3-4,6,10,16-22H2,(H,36,39);2*1-2H3/t29?,30-;;/m1../s1. The monoisotopic (exact) mass is 616 g/mol. The van der Waals surface area contributed by atoms with Crippen molar-refractivity contribution in [3.63, 3.8) is 0 Å². The molecule has 0 aromatic heterocycles. The molecule has 0 spiro atoms. The van der Waals surface area contributed by atoms with Gasteiger partial charge >= 0.3 is 0 Å². The number of benzene rings is 3. The lowest BCUT2D eigenvalue weighted by Gasteiger charge is -2.39. The van der Waals surface area contributed by atoms with Gasteiger partial charge in [0.05, 0.1) is 6.04 Å². The van der Waals surface area contributed by atoms with Gasteiger partial charge in [0, 0.05) is 49.9 Å². The Bertz CT molecular complexity index is 1370. The number of aryl methyl sites for hydroxylation is 1. The van der Waals surface area contributed by atoms with E-state index < -0.39 is 6.04 Å². The van der Waals surface area contributed by atoms with Gasteiger partial charge in [0.1, 0.15) is 6.04 Å². The molecule has 1 fully saturated rings. The summed E-state index contributed by atoms with van der Waals surface area (Å²) in [4.78, 5) is 31.7. The summed E-state index contributed by atoms with van der Waals surface area (Å²) in [6, 6.07) is 21.4. The topological polar surface area (TPSA) is 64.7 Å². The average Bonchev–Trinajstić information content (AvgIpc) is 3.10. The zero-order chi connectivity index (χ0) is 31.5. The molecule has 2 amide bonds. The van der Waals surface area contributed by atoms with Crippen molar-refractivity contribution in [1.29, 1.82) is 0 Å². The summed E-state index contributed by atoms with van der Waals surface area (Å²) in [5, 5.41) is 7.13. The van der Waals surface area contributed by atoms with Gasteiger partial charge in [-0.25, -0.2) is 0 Å². The van der Waals surface area contributed by atoms with Crippen molar-refractivity contribution < 1.29 is 9.59 Å². The van der Waals surface area contributed by atoms with Crippen molar-refractivity contribution in [2.75, 3.05) is 31.1 Å². The van der Waals surface area contributed by atoms with Crippen LogP contribution in [0.4, 0.5) is 5.69 Å². The number of hydrogen-bond donors (Lipinski definition) is 2. The van der Waals surface area contributed by atoms with Crippen LogP contribution in [0.25, 0.3) is 0 Å². The van der Waals surface area contributed by atoms with Gasteiger partial charge < -0.3 is 20.4 Å². The van der Waals surface area contributed by atoms with Gasteiger partial charge in [-0.1, -0.05) is 87.8 Å². The molecule has 2 N–H and O–H groups in total. The molecular weight excluding hydrogens is 568 g/mol. The van der Waals surface area contributed by atoms with E-state index in [0.717, 1.165) is 31.5 Å². The molecule has 3 aromatic rings. The molecule has 7 heteroatoms. The van der Waals surface area contributed by atoms with E-state index in [2.05, 4.69) is 45.9 Å². The summed E-state index contributed by atoms with van der Waals surface area (Å²) in [6.07, 6.45) is 5.86. The SMILES string of the molecule is CC.CC.O=C(N[C@H](Cc1ccc(Cl)cc1)C(=O)N1CCN(c2cccc3c2CCCC3)CC1)C1Cc2ccccc2CN1. The highest BCUT2D eigenvalue weighted by molar-refractivity contribution is 6.30. The summed E-state index contributed by atoms with van der Waals surface area (Å²) in [5.74, 6) is -0.148. The van der Waals surface area contributed by atoms with E-state index in [9.17, 15) is 9.59 Å². The van der Waals surface area contributed by atoms with Crippen molar-refractivity contribution in [3.05, 3.63) is 99.6 Å². The van der Waals surface area contributed by atoms with Gasteiger partial charge in [-0.15, -0.1) is 0 Å². The van der Waals surface area contributed by atoms with Crippen LogP contribution < -0.4 is 15.5 Å². The molecule has 6 nitrogen and oxygen atoms in total. The summed E-state index contributed by atoms with van der Waals surface area (Å²) < 4.78 is 0. The molecule has 0 radical (unpaired) electrons. The Morgan fingerprint density at radius 2 is 1.50 bits per heavy atom. The van der Waals surface area contributed by atoms with E-state index in [4.69, 9.17) is 11.6 Å². The van der Waals surface area contributed by atoms with E-state index in [1.165, 1.54) is 40.8 Å². The Kier molecular flexibility index (Phi) is 12.7. The van der Waals surface area contributed by atoms with Crippen molar-refractivity contribution in [3.8, 4) is 0 Å². The third-order valence-electron chi connectivity index (χ3n) is 8.67. The number of fused-ring (bicyclic) bond motifs is 2. The van der Waals surface area contributed by atoms with Crippen LogP contribution in [0.5, 0.6) is 0 Å². The highest BCUT2D eigenvalue weighted by Crippen LogP contribution is 2.31. The van der Waals surface area contributed by atoms with Crippen molar-refractivity contribution in [2.24, 2.45) is 0 Å². The summed E-state index contributed by atoms with van der Waals surface area (Å²) in [6.45, 7) is 11.5. The minimum Gasteiger partial charge on any atom is -0.368 e. The zero-order valence-corrected chi connectivity index (χ0v) is 27.6. The molecule has 2 heterocycles. The lowest BCUT2D eigenvalue weighted by atomic mass is 9.90. The van der Waals surface area contributed by atoms with Crippen LogP contribution in [-0.4, -0.2) is 55.0 Å². The molecule has 1 aliphatic carbocycles. The minimum absolute atomic E-state index is 0.0192. The van der Waals surface area contributed by atoms with Crippen LogP contribution in [0.2, 0.25) is 5.02 Å². The van der Waals surface area contributed by atoms with Gasteiger partial charge in [0.2, 0.25) is 11.8 Å². The van der Waals surface area contributed by atoms with E-state index in [1.54, 1.807) is 0 Å². The largest absolute Gasteiger partial charge is 0.368 e. The summed E-state index contributed by atoms with van der Waals surface area (Å²) >= 11 is 6.11. The number of amides is 2. The highest BCUT2D eigenvalue weighted by atomic mass is 35.5.